The summed E-state index contributed by atoms with van der Waals surface area (Å²) in [7, 11) is 0. The maximum atomic E-state index is 12.1. The van der Waals surface area contributed by atoms with Gasteiger partial charge in [-0.2, -0.15) is 0 Å². The zero-order valence-corrected chi connectivity index (χ0v) is 17.7. The Morgan fingerprint density at radius 2 is 2.00 bits per heavy atom. The number of nitrogens with one attached hydrogen (secondary N) is 1. The largest absolute Gasteiger partial charge is 0.481 e. The van der Waals surface area contributed by atoms with Gasteiger partial charge in [0, 0.05) is 24.8 Å². The van der Waals surface area contributed by atoms with Crippen molar-refractivity contribution >= 4 is 24.0 Å². The first-order valence-corrected chi connectivity index (χ1v) is 9.82. The number of rotatable bonds is 9. The SMILES string of the molecule is CC(C)(C)OC(=O)N[C@H](/C=C/c1cccc(C#CCCCC(=O)O)c1)CCC(N)=O. The molecule has 0 aliphatic rings. The molecule has 30 heavy (non-hydrogen) atoms. The van der Waals surface area contributed by atoms with E-state index in [4.69, 9.17) is 15.6 Å². The summed E-state index contributed by atoms with van der Waals surface area (Å²) in [6.45, 7) is 5.32. The Morgan fingerprint density at radius 3 is 2.63 bits per heavy atom. The number of nitrogens with two attached hydrogens (primary N) is 1. The lowest BCUT2D eigenvalue weighted by Gasteiger charge is -2.22. The highest BCUT2D eigenvalue weighted by molar-refractivity contribution is 5.74. The molecule has 2 amide bonds. The minimum absolute atomic E-state index is 0.106. The fraction of sp³-hybridized carbons (Fsp3) is 0.435. The van der Waals surface area contributed by atoms with Gasteiger partial charge in [-0.25, -0.2) is 4.79 Å². The fourth-order valence-electron chi connectivity index (χ4n) is 2.41. The van der Waals surface area contributed by atoms with Crippen LogP contribution in [-0.4, -0.2) is 34.7 Å². The smallest absolute Gasteiger partial charge is 0.408 e. The van der Waals surface area contributed by atoms with Crippen molar-refractivity contribution in [1.29, 1.82) is 0 Å². The first-order valence-electron chi connectivity index (χ1n) is 9.82. The molecule has 0 spiro atoms. The minimum Gasteiger partial charge on any atom is -0.481 e. The Balaban J connectivity index is 2.79. The summed E-state index contributed by atoms with van der Waals surface area (Å²) in [4.78, 5) is 33.7. The normalized spacial score (nSPS) is 12.0. The van der Waals surface area contributed by atoms with Crippen LogP contribution < -0.4 is 11.1 Å². The van der Waals surface area contributed by atoms with E-state index in [-0.39, 0.29) is 12.8 Å². The van der Waals surface area contributed by atoms with Crippen molar-refractivity contribution < 1.29 is 24.2 Å². The minimum atomic E-state index is -0.824. The first kappa shape index (κ1) is 24.8. The number of carbonyl (C=O) groups excluding carboxylic acids is 2. The summed E-state index contributed by atoms with van der Waals surface area (Å²) in [5.74, 6) is 4.71. The van der Waals surface area contributed by atoms with E-state index in [1.54, 1.807) is 26.8 Å². The van der Waals surface area contributed by atoms with Crippen LogP contribution in [0.5, 0.6) is 0 Å². The summed E-state index contributed by atoms with van der Waals surface area (Å²) >= 11 is 0. The molecule has 0 saturated heterocycles. The van der Waals surface area contributed by atoms with Gasteiger partial charge in [-0.05, 0) is 51.3 Å². The number of unbranched alkanes of at least 4 members (excludes halogenated alkanes) is 1. The second-order valence-corrected chi connectivity index (χ2v) is 7.79. The van der Waals surface area contributed by atoms with Crippen LogP contribution in [-0.2, 0) is 14.3 Å². The van der Waals surface area contributed by atoms with E-state index in [0.29, 0.717) is 19.3 Å². The molecule has 1 aromatic carbocycles. The molecule has 0 heterocycles. The molecular weight excluding hydrogens is 384 g/mol. The van der Waals surface area contributed by atoms with E-state index in [1.165, 1.54) is 0 Å². The van der Waals surface area contributed by atoms with E-state index in [9.17, 15) is 14.4 Å². The second-order valence-electron chi connectivity index (χ2n) is 7.79. The van der Waals surface area contributed by atoms with Crippen molar-refractivity contribution in [1.82, 2.24) is 5.32 Å². The van der Waals surface area contributed by atoms with Gasteiger partial charge in [0.05, 0.1) is 6.04 Å². The standard InChI is InChI=1S/C23H30N2O5/c1-23(2,3)30-22(29)25-19(14-15-20(24)26)13-12-18-10-7-9-17(16-18)8-5-4-6-11-21(27)28/h7,9-10,12-13,16,19H,4,6,11,14-15H2,1-3H3,(H2,24,26)(H,25,29)(H,27,28)/b13-12+/t19-/m1/s1. The van der Waals surface area contributed by atoms with Crippen LogP contribution in [0.4, 0.5) is 4.79 Å². The summed E-state index contributed by atoms with van der Waals surface area (Å²) in [6.07, 6.45) is 4.67. The van der Waals surface area contributed by atoms with E-state index >= 15 is 0 Å². The Morgan fingerprint density at radius 1 is 1.27 bits per heavy atom. The zero-order valence-electron chi connectivity index (χ0n) is 17.7. The van der Waals surface area contributed by atoms with Crippen LogP contribution in [0.1, 0.15) is 64.0 Å². The first-order chi connectivity index (χ1) is 14.0. The molecule has 7 nitrogen and oxygen atoms in total. The van der Waals surface area contributed by atoms with Crippen molar-refractivity contribution in [3.8, 4) is 11.8 Å². The lowest BCUT2D eigenvalue weighted by atomic mass is 10.1. The highest BCUT2D eigenvalue weighted by atomic mass is 16.6. The van der Waals surface area contributed by atoms with Crippen LogP contribution in [0.3, 0.4) is 0 Å². The number of alkyl carbamates (subject to hydrolysis) is 1. The maximum absolute atomic E-state index is 12.1. The number of amides is 2. The lowest BCUT2D eigenvalue weighted by molar-refractivity contribution is -0.137. The van der Waals surface area contributed by atoms with Crippen LogP contribution >= 0.6 is 0 Å². The average molecular weight is 415 g/mol. The molecule has 0 unspecified atom stereocenters. The van der Waals surface area contributed by atoms with Crippen molar-refractivity contribution in [2.45, 2.75) is 64.5 Å². The van der Waals surface area contributed by atoms with Crippen LogP contribution in [0.25, 0.3) is 6.08 Å². The number of aliphatic carboxylic acids is 1. The Bertz CT molecular complexity index is 828. The number of primary amides is 1. The fourth-order valence-corrected chi connectivity index (χ4v) is 2.41. The Hall–Kier alpha value is -3.27. The van der Waals surface area contributed by atoms with Gasteiger partial charge in [0.25, 0.3) is 0 Å². The molecule has 0 fully saturated rings. The van der Waals surface area contributed by atoms with Gasteiger partial charge in [0.2, 0.25) is 5.91 Å². The molecule has 0 aliphatic carbocycles. The van der Waals surface area contributed by atoms with Gasteiger partial charge < -0.3 is 20.9 Å². The molecule has 1 atom stereocenters. The third-order valence-electron chi connectivity index (χ3n) is 3.74. The van der Waals surface area contributed by atoms with E-state index in [0.717, 1.165) is 11.1 Å². The number of benzene rings is 1. The number of ether oxygens (including phenoxy) is 1. The number of carboxylic acids is 1. The molecule has 0 aliphatic heterocycles. The van der Waals surface area contributed by atoms with Gasteiger partial charge in [0.15, 0.2) is 0 Å². The predicted molar refractivity (Wildman–Crippen MR) is 115 cm³/mol. The van der Waals surface area contributed by atoms with Gasteiger partial charge >= 0.3 is 12.1 Å². The highest BCUT2D eigenvalue weighted by Crippen LogP contribution is 2.11. The van der Waals surface area contributed by atoms with Crippen molar-refractivity contribution in [3.63, 3.8) is 0 Å². The lowest BCUT2D eigenvalue weighted by Crippen LogP contribution is -2.38. The van der Waals surface area contributed by atoms with Gasteiger partial charge in [-0.15, -0.1) is 0 Å². The van der Waals surface area contributed by atoms with E-state index in [1.807, 2.05) is 30.3 Å². The van der Waals surface area contributed by atoms with Crippen molar-refractivity contribution in [3.05, 3.63) is 41.5 Å². The van der Waals surface area contributed by atoms with Gasteiger partial charge in [-0.1, -0.05) is 36.1 Å². The summed E-state index contributed by atoms with van der Waals surface area (Å²) in [6, 6.07) is 7.09. The molecule has 4 N–H and O–H groups in total. The quantitative estimate of drug-likeness (QED) is 0.422. The molecule has 0 radical (unpaired) electrons. The highest BCUT2D eigenvalue weighted by Gasteiger charge is 2.18. The Kier molecular flexibility index (Phi) is 10.2. The number of carboxylic acid groups (broad SMARTS) is 1. The summed E-state index contributed by atoms with van der Waals surface area (Å²) in [5, 5.41) is 11.4. The molecule has 1 aromatic rings. The van der Waals surface area contributed by atoms with Crippen molar-refractivity contribution in [2.24, 2.45) is 5.73 Å². The third kappa shape index (κ3) is 12.2. The summed E-state index contributed by atoms with van der Waals surface area (Å²) < 4.78 is 5.27. The molecule has 0 saturated carbocycles. The van der Waals surface area contributed by atoms with Gasteiger partial charge in [-0.3, -0.25) is 9.59 Å². The average Bonchev–Trinajstić information content (AvgIpc) is 2.62. The molecule has 1 rings (SSSR count). The topological polar surface area (TPSA) is 119 Å². The second kappa shape index (κ2) is 12.3. The molecule has 0 aromatic heterocycles. The van der Waals surface area contributed by atoms with E-state index in [2.05, 4.69) is 17.2 Å². The number of hydrogen-bond donors (Lipinski definition) is 3. The molecule has 162 valence electrons. The van der Waals surface area contributed by atoms with E-state index < -0.39 is 29.6 Å². The van der Waals surface area contributed by atoms with Crippen LogP contribution in [0, 0.1) is 11.8 Å². The zero-order chi connectivity index (χ0) is 22.6. The molecule has 7 heteroatoms. The number of carbonyl (C=O) groups is 3. The van der Waals surface area contributed by atoms with Crippen LogP contribution in [0.2, 0.25) is 0 Å². The predicted octanol–water partition coefficient (Wildman–Crippen LogP) is 3.47. The van der Waals surface area contributed by atoms with Gasteiger partial charge in [0.1, 0.15) is 5.60 Å². The molecular formula is C23H30N2O5. The molecule has 0 bridgehead atoms. The summed E-state index contributed by atoms with van der Waals surface area (Å²) in [5.41, 5.74) is 6.29. The number of hydrogen-bond acceptors (Lipinski definition) is 4. The van der Waals surface area contributed by atoms with Crippen molar-refractivity contribution in [2.75, 3.05) is 0 Å². The monoisotopic (exact) mass is 414 g/mol. The Labute approximate surface area is 177 Å². The van der Waals surface area contributed by atoms with Crippen LogP contribution in [0.15, 0.2) is 30.3 Å². The maximum Gasteiger partial charge on any atom is 0.408 e. The third-order valence-corrected chi connectivity index (χ3v) is 3.74.